The maximum atomic E-state index is 12.4. The second-order valence-corrected chi connectivity index (χ2v) is 47.4. The number of aromatic nitrogens is 6. The van der Waals surface area contributed by atoms with E-state index >= 15 is 0 Å². The molecule has 0 saturated heterocycles. The summed E-state index contributed by atoms with van der Waals surface area (Å²) in [4.78, 5) is 37.3. The minimum atomic E-state index is -0.245. The zero-order chi connectivity index (χ0) is 106. The van der Waals surface area contributed by atoms with Gasteiger partial charge in [-0.05, 0) is 346 Å². The van der Waals surface area contributed by atoms with Crippen LogP contribution in [0.1, 0.15) is 290 Å². The standard InChI is InChI=1S/C16H17NO.C16H20.2C15H18.C14H16.C13H15NO.C13H20.C12H18.C11H14N2.C10H8N2.CH4/c1-5-8-12-11-17(16(2,3)4)15(18)14-10-7-6-9-13(12)14;1-11-10-15(16(3,4)5)12(2)14-9-7-6-8-13(11)14;1-11-9-13(15(2,3)4)10-12-7-5-6-8-14(11)12;1-11-9-12-7-5-6-8-13(12)10-14(11)15(2,3)4;1-14(2,3)13-9-8-11-6-4-5-7-12(11)10-13;1-13(2,3)14-9-8-10-6-4-5-7-11(10)12(14)15;1-9-7-11(3)12(8-10(9)2)13(4,5)6;1-9-6-10(2)8-11(7-9)12(3,4)5;1-11(2,3)13-8-6-9-5-4-7-12-10(9)13;1-3-7-11-9(5-1)10-6-2-4-8-12-10;/h6-7,9-11H,1-4H3;6-10H,1-5H3;2*5-10H,1-4H3;4-10H,1-3H3;4-9H,1-3H3;7-8H,1-6H3;6-8H,1-5H3;4-8H,1-3H3;1-8H;1H4. The molecule has 0 saturated carbocycles. The van der Waals surface area contributed by atoms with Gasteiger partial charge in [-0.2, -0.15) is 0 Å². The highest BCUT2D eigenvalue weighted by molar-refractivity contribution is 5.91. The van der Waals surface area contributed by atoms with Crippen LogP contribution in [-0.2, 0) is 49.1 Å². The fourth-order valence-electron chi connectivity index (χ4n) is 17.7. The highest BCUT2D eigenvalue weighted by Gasteiger charge is 2.25. The lowest BCUT2D eigenvalue weighted by atomic mass is 9.81. The molecule has 144 heavy (non-hydrogen) atoms. The van der Waals surface area contributed by atoms with E-state index in [9.17, 15) is 9.59 Å². The summed E-state index contributed by atoms with van der Waals surface area (Å²) in [5.41, 5.74) is 26.2. The Kier molecular flexibility index (Phi) is 39.3. The Bertz CT molecular complexity index is 7470. The van der Waals surface area contributed by atoms with Gasteiger partial charge in [0, 0.05) is 80.9 Å². The molecule has 12 aromatic carbocycles. The summed E-state index contributed by atoms with van der Waals surface area (Å²) in [5.74, 6) is 5.99. The van der Waals surface area contributed by atoms with Crippen molar-refractivity contribution in [1.29, 1.82) is 0 Å². The number of nitrogens with zero attached hydrogens (tertiary/aromatic N) is 6. The van der Waals surface area contributed by atoms with Crippen LogP contribution in [0.4, 0.5) is 0 Å². The number of rotatable bonds is 1. The van der Waals surface area contributed by atoms with Crippen molar-refractivity contribution in [3.63, 3.8) is 0 Å². The molecule has 0 atom stereocenters. The Hall–Kier alpha value is -13.4. The van der Waals surface area contributed by atoms with Crippen molar-refractivity contribution in [2.45, 2.75) is 313 Å². The summed E-state index contributed by atoms with van der Waals surface area (Å²) in [7, 11) is 0. The van der Waals surface area contributed by atoms with Gasteiger partial charge in [0.25, 0.3) is 11.1 Å². The van der Waals surface area contributed by atoms with E-state index in [1.807, 2.05) is 157 Å². The highest BCUT2D eigenvalue weighted by Crippen LogP contribution is 2.37. The lowest BCUT2D eigenvalue weighted by Crippen LogP contribution is -2.33. The van der Waals surface area contributed by atoms with Crippen LogP contribution in [0.2, 0.25) is 0 Å². The van der Waals surface area contributed by atoms with E-state index in [-0.39, 0.29) is 67.7 Å². The van der Waals surface area contributed by atoms with Crippen molar-refractivity contribution in [3.05, 3.63) is 432 Å². The van der Waals surface area contributed by atoms with Gasteiger partial charge in [-0.1, -0.05) is 374 Å². The maximum absolute atomic E-state index is 12.4. The van der Waals surface area contributed by atoms with Gasteiger partial charge in [0.05, 0.1) is 11.4 Å². The molecule has 0 fully saturated rings. The first-order chi connectivity index (χ1) is 66.7. The molecular weight excluding hydrogens is 1750 g/mol. The van der Waals surface area contributed by atoms with Gasteiger partial charge in [0.2, 0.25) is 0 Å². The van der Waals surface area contributed by atoms with Gasteiger partial charge in [-0.25, -0.2) is 4.98 Å². The predicted octanol–water partition coefficient (Wildman–Crippen LogP) is 36.7. The van der Waals surface area contributed by atoms with Crippen molar-refractivity contribution in [1.82, 2.24) is 28.7 Å². The van der Waals surface area contributed by atoms with Crippen LogP contribution in [0.5, 0.6) is 0 Å². The van der Waals surface area contributed by atoms with Crippen LogP contribution in [0.3, 0.4) is 0 Å². The quantitative estimate of drug-likeness (QED) is 0.153. The van der Waals surface area contributed by atoms with E-state index < -0.39 is 0 Å². The third-order valence-corrected chi connectivity index (χ3v) is 25.7. The summed E-state index contributed by atoms with van der Waals surface area (Å²) >= 11 is 0. The molecule has 8 heteroatoms. The van der Waals surface area contributed by atoms with Gasteiger partial charge in [-0.15, -0.1) is 5.92 Å². The van der Waals surface area contributed by atoms with E-state index in [1.54, 1.807) is 28.5 Å². The van der Waals surface area contributed by atoms with Crippen molar-refractivity contribution < 1.29 is 0 Å². The lowest BCUT2D eigenvalue weighted by molar-refractivity contribution is 0.386. The topological polar surface area (TPSA) is 87.6 Å². The molecule has 0 unspecified atom stereocenters. The van der Waals surface area contributed by atoms with Crippen molar-refractivity contribution in [2.24, 2.45) is 0 Å². The fraction of sp³-hybridized carbons (Fsp3) is 0.346. The van der Waals surface area contributed by atoms with Gasteiger partial charge in [0.15, 0.2) is 0 Å². The SMILES string of the molecule is C.CC#Cc1cn(C(C)(C)C)c(=O)c2ccccc12.CC(C)(C)c1ccc2ccccc2c1.CC(C)(C)n1ccc2ccccc2c1=O.CC(C)(C)n1ccc2cccnc21.Cc1cc(C(C)(C)C)c(C)c2ccccc12.Cc1cc(C(C)(C)C)cc2ccccc12.Cc1cc(C)c(C(C)(C)C)cc1C.Cc1cc(C)cc(C(C)(C)C)c1.Cc1cc2ccccc2cc1C(C)(C)C.c1ccc(-c2ccccn2)nc1. The molecule has 0 aliphatic rings. The summed E-state index contributed by atoms with van der Waals surface area (Å²) in [6.45, 7) is 80.9. The summed E-state index contributed by atoms with van der Waals surface area (Å²) < 4.78 is 5.73. The minimum absolute atomic E-state index is 0. The molecule has 0 amide bonds. The Morgan fingerprint density at radius 2 is 0.625 bits per heavy atom. The Labute approximate surface area is 866 Å². The summed E-state index contributed by atoms with van der Waals surface area (Å²) in [6.07, 6.45) is 11.2. The van der Waals surface area contributed by atoms with E-state index in [4.69, 9.17) is 0 Å². The Balaban J connectivity index is 0.000000196. The molecule has 18 aromatic rings. The molecule has 0 N–H and O–H groups in total. The first-order valence-electron chi connectivity index (χ1n) is 50.8. The van der Waals surface area contributed by atoms with Crippen molar-refractivity contribution in [3.8, 4) is 23.2 Å². The van der Waals surface area contributed by atoms with Crippen LogP contribution >= 0.6 is 0 Å². The third kappa shape index (κ3) is 32.1. The van der Waals surface area contributed by atoms with Crippen molar-refractivity contribution in [2.75, 3.05) is 0 Å². The zero-order valence-electron chi connectivity index (χ0n) is 93.6. The minimum Gasteiger partial charge on any atom is -0.327 e. The smallest absolute Gasteiger partial charge is 0.258 e. The van der Waals surface area contributed by atoms with Crippen LogP contribution in [0.15, 0.2) is 332 Å². The van der Waals surface area contributed by atoms with Crippen molar-refractivity contribution >= 4 is 75.7 Å². The molecule has 8 nitrogen and oxygen atoms in total. The highest BCUT2D eigenvalue weighted by atomic mass is 16.1. The Morgan fingerprint density at radius 3 is 1.12 bits per heavy atom. The van der Waals surface area contributed by atoms with Crippen LogP contribution in [0.25, 0.3) is 87.1 Å². The number of pyridine rings is 5. The third-order valence-electron chi connectivity index (χ3n) is 25.7. The second-order valence-electron chi connectivity index (χ2n) is 47.4. The molecule has 18 rings (SSSR count). The average Bonchev–Trinajstić information content (AvgIpc) is 1.05. The Morgan fingerprint density at radius 1 is 0.250 bits per heavy atom. The lowest BCUT2D eigenvalue weighted by Gasteiger charge is -2.24. The fourth-order valence-corrected chi connectivity index (χ4v) is 17.7. The maximum Gasteiger partial charge on any atom is 0.258 e. The second kappa shape index (κ2) is 48.8. The van der Waals surface area contributed by atoms with E-state index in [0.717, 1.165) is 44.1 Å². The molecule has 0 radical (unpaired) electrons. The number of aryl methyl sites for hydroxylation is 9. The van der Waals surface area contributed by atoms with Gasteiger partial charge < -0.3 is 13.7 Å². The molecule has 6 aromatic heterocycles. The van der Waals surface area contributed by atoms with Gasteiger partial charge in [-0.3, -0.25) is 19.6 Å². The first-order valence-corrected chi connectivity index (χ1v) is 50.8. The molecule has 6 heterocycles. The molecule has 754 valence electrons. The molecule has 0 bridgehead atoms. The first kappa shape index (κ1) is 116. The van der Waals surface area contributed by atoms with E-state index in [0.29, 0.717) is 0 Å². The van der Waals surface area contributed by atoms with E-state index in [1.165, 1.54) is 132 Å². The van der Waals surface area contributed by atoms with Crippen LogP contribution < -0.4 is 11.1 Å². The molecule has 0 aliphatic heterocycles. The molecule has 0 spiro atoms. The molecule has 0 aliphatic carbocycles. The van der Waals surface area contributed by atoms with Crippen LogP contribution in [-0.4, -0.2) is 28.7 Å². The number of hydrogen-bond acceptors (Lipinski definition) is 5. The molecular formula is C136H168N6O2. The predicted molar refractivity (Wildman–Crippen MR) is 631 cm³/mol. The number of fused-ring (bicyclic) bond motifs is 7. The van der Waals surface area contributed by atoms with Gasteiger partial charge in [0.1, 0.15) is 5.65 Å². The van der Waals surface area contributed by atoms with Gasteiger partial charge >= 0.3 is 0 Å². The number of hydrogen-bond donors (Lipinski definition) is 0. The van der Waals surface area contributed by atoms with E-state index in [2.05, 4.69) is 433 Å². The summed E-state index contributed by atoms with van der Waals surface area (Å²) in [5, 5.41) is 15.5. The largest absolute Gasteiger partial charge is 0.327 e. The normalized spacial score (nSPS) is 11.6. The summed E-state index contributed by atoms with van der Waals surface area (Å²) in [6, 6.07) is 99.1. The van der Waals surface area contributed by atoms with Crippen LogP contribution in [0, 0.1) is 74.2 Å². The monoisotopic (exact) mass is 1920 g/mol. The zero-order valence-corrected chi connectivity index (χ0v) is 93.6. The number of benzene rings is 12. The average molecular weight is 1920 g/mol.